The third-order valence-electron chi connectivity index (χ3n) is 5.50. The average molecular weight is 397 g/mol. The van der Waals surface area contributed by atoms with Crippen molar-refractivity contribution in [3.05, 3.63) is 42.1 Å². The van der Waals surface area contributed by atoms with Crippen molar-refractivity contribution in [2.45, 2.75) is 12.5 Å². The lowest BCUT2D eigenvalue weighted by Gasteiger charge is -2.19. The van der Waals surface area contributed by atoms with Gasteiger partial charge in [0.25, 0.3) is 0 Å². The van der Waals surface area contributed by atoms with Crippen LogP contribution < -0.4 is 15.5 Å². The van der Waals surface area contributed by atoms with Gasteiger partial charge < -0.3 is 15.5 Å². The standard InChI is InChI=1S/C20H21F2N7/c1-23-12-3-4-29(10-12)14-7-15(21)18-17(8-14)25-26-20(18)24-13-5-11-9-28(2)27-19(11)16(22)6-13/h5-9,12,23H,3-4,10H2,1-2H3,(H2,24,25,26)/t12-/m0/s1. The number of nitrogens with zero attached hydrogens (tertiary/aromatic N) is 4. The Morgan fingerprint density at radius 2 is 2.03 bits per heavy atom. The lowest BCUT2D eigenvalue weighted by atomic mass is 10.2. The zero-order valence-electron chi connectivity index (χ0n) is 16.1. The second-order valence-electron chi connectivity index (χ2n) is 7.47. The van der Waals surface area contributed by atoms with E-state index < -0.39 is 5.82 Å². The van der Waals surface area contributed by atoms with Crippen LogP contribution in [0.5, 0.6) is 0 Å². The van der Waals surface area contributed by atoms with Crippen molar-refractivity contribution in [1.82, 2.24) is 25.3 Å². The molecule has 0 bridgehead atoms. The van der Waals surface area contributed by atoms with Gasteiger partial charge in [-0.05, 0) is 37.7 Å². The minimum Gasteiger partial charge on any atom is -0.370 e. The second-order valence-corrected chi connectivity index (χ2v) is 7.47. The van der Waals surface area contributed by atoms with Crippen LogP contribution in [0.4, 0.5) is 26.0 Å². The molecule has 0 radical (unpaired) electrons. The topological polar surface area (TPSA) is 73.8 Å². The predicted octanol–water partition coefficient (Wildman–Crippen LogP) is 3.27. The first-order valence-electron chi connectivity index (χ1n) is 9.51. The predicted molar refractivity (Wildman–Crippen MR) is 110 cm³/mol. The van der Waals surface area contributed by atoms with Crippen LogP contribution in [0.2, 0.25) is 0 Å². The van der Waals surface area contributed by atoms with Crippen LogP contribution in [0.25, 0.3) is 21.8 Å². The molecule has 5 rings (SSSR count). The first kappa shape index (κ1) is 17.9. The highest BCUT2D eigenvalue weighted by Gasteiger charge is 2.23. The van der Waals surface area contributed by atoms with Gasteiger partial charge in [-0.25, -0.2) is 8.78 Å². The number of fused-ring (bicyclic) bond motifs is 2. The highest BCUT2D eigenvalue weighted by molar-refractivity contribution is 5.95. The maximum Gasteiger partial charge on any atom is 0.163 e. The van der Waals surface area contributed by atoms with Crippen molar-refractivity contribution >= 4 is 39.0 Å². The molecule has 0 unspecified atom stereocenters. The Labute approximate surface area is 165 Å². The van der Waals surface area contributed by atoms with Gasteiger partial charge in [-0.3, -0.25) is 9.78 Å². The van der Waals surface area contributed by atoms with Gasteiger partial charge in [0.15, 0.2) is 11.6 Å². The number of hydrogen-bond donors (Lipinski definition) is 3. The van der Waals surface area contributed by atoms with Gasteiger partial charge in [0.2, 0.25) is 0 Å². The van der Waals surface area contributed by atoms with E-state index in [1.807, 2.05) is 13.1 Å². The lowest BCUT2D eigenvalue weighted by Crippen LogP contribution is -2.29. The van der Waals surface area contributed by atoms with E-state index in [1.54, 1.807) is 24.0 Å². The number of rotatable bonds is 4. The van der Waals surface area contributed by atoms with Crippen LogP contribution in [-0.2, 0) is 7.05 Å². The van der Waals surface area contributed by atoms with Gasteiger partial charge in [-0.1, -0.05) is 0 Å². The van der Waals surface area contributed by atoms with Crippen LogP contribution >= 0.6 is 0 Å². The summed E-state index contributed by atoms with van der Waals surface area (Å²) in [6.45, 7) is 1.71. The summed E-state index contributed by atoms with van der Waals surface area (Å²) in [6.07, 6.45) is 2.75. The molecule has 0 amide bonds. The molecule has 9 heteroatoms. The van der Waals surface area contributed by atoms with E-state index in [9.17, 15) is 8.78 Å². The summed E-state index contributed by atoms with van der Waals surface area (Å²) in [4.78, 5) is 2.16. The molecule has 29 heavy (non-hydrogen) atoms. The van der Waals surface area contributed by atoms with E-state index >= 15 is 0 Å². The third kappa shape index (κ3) is 3.07. The number of anilines is 3. The quantitative estimate of drug-likeness (QED) is 0.493. The third-order valence-corrected chi connectivity index (χ3v) is 5.50. The van der Waals surface area contributed by atoms with Crippen LogP contribution in [0, 0.1) is 11.6 Å². The zero-order valence-corrected chi connectivity index (χ0v) is 16.1. The van der Waals surface area contributed by atoms with E-state index in [0.717, 1.165) is 25.2 Å². The van der Waals surface area contributed by atoms with E-state index in [0.29, 0.717) is 39.4 Å². The van der Waals surface area contributed by atoms with Crippen molar-refractivity contribution in [1.29, 1.82) is 0 Å². The summed E-state index contributed by atoms with van der Waals surface area (Å²) < 4.78 is 30.9. The molecule has 1 atom stereocenters. The molecule has 1 saturated heterocycles. The Hall–Kier alpha value is -3.20. The number of halogens is 2. The fraction of sp³-hybridized carbons (Fsp3) is 0.300. The SMILES string of the molecule is CN[C@H]1CCN(c2cc(F)c3c(Nc4cc(F)c5nn(C)cc5c4)n[nH]c3c2)C1. The summed E-state index contributed by atoms with van der Waals surface area (Å²) in [6, 6.07) is 6.95. The Kier molecular flexibility index (Phi) is 4.13. The van der Waals surface area contributed by atoms with Crippen molar-refractivity contribution in [2.24, 2.45) is 7.05 Å². The van der Waals surface area contributed by atoms with Gasteiger partial charge in [-0.2, -0.15) is 10.2 Å². The molecule has 0 aliphatic carbocycles. The monoisotopic (exact) mass is 397 g/mol. The Morgan fingerprint density at radius 1 is 1.17 bits per heavy atom. The first-order chi connectivity index (χ1) is 14.0. The number of aromatic amines is 1. The number of H-pyrrole nitrogens is 1. The number of likely N-dealkylation sites (N-methyl/N-ethyl adjacent to an activating group) is 1. The zero-order chi connectivity index (χ0) is 20.1. The first-order valence-corrected chi connectivity index (χ1v) is 9.51. The summed E-state index contributed by atoms with van der Waals surface area (Å²) >= 11 is 0. The molecule has 4 aromatic rings. The van der Waals surface area contributed by atoms with Gasteiger partial charge in [-0.15, -0.1) is 0 Å². The lowest BCUT2D eigenvalue weighted by molar-refractivity contribution is 0.616. The number of hydrogen-bond acceptors (Lipinski definition) is 5. The highest BCUT2D eigenvalue weighted by Crippen LogP contribution is 2.32. The molecule has 2 aromatic carbocycles. The average Bonchev–Trinajstić information content (AvgIpc) is 3.40. The molecular formula is C20H21F2N7. The molecule has 2 aromatic heterocycles. The molecule has 1 fully saturated rings. The summed E-state index contributed by atoms with van der Waals surface area (Å²) in [5, 5.41) is 18.5. The molecule has 3 heterocycles. The van der Waals surface area contributed by atoms with Gasteiger partial charge in [0, 0.05) is 49.1 Å². The molecule has 7 nitrogen and oxygen atoms in total. The number of aromatic nitrogens is 4. The van der Waals surface area contributed by atoms with Crippen LogP contribution in [-0.4, -0.2) is 46.2 Å². The van der Waals surface area contributed by atoms with Gasteiger partial charge in [0.05, 0.1) is 10.9 Å². The minimum absolute atomic E-state index is 0.297. The Balaban J connectivity index is 1.48. The number of nitrogens with one attached hydrogen (secondary N) is 3. The minimum atomic E-state index is -0.443. The molecule has 1 aliphatic rings. The smallest absolute Gasteiger partial charge is 0.163 e. The van der Waals surface area contributed by atoms with Crippen LogP contribution in [0.3, 0.4) is 0 Å². The molecule has 150 valence electrons. The van der Waals surface area contributed by atoms with Crippen molar-refractivity contribution in [3.8, 4) is 0 Å². The maximum absolute atomic E-state index is 15.0. The fourth-order valence-electron chi connectivity index (χ4n) is 4.02. The maximum atomic E-state index is 15.0. The molecular weight excluding hydrogens is 376 g/mol. The van der Waals surface area contributed by atoms with E-state index in [1.165, 1.54) is 12.1 Å². The Bertz CT molecular complexity index is 1210. The largest absolute Gasteiger partial charge is 0.370 e. The summed E-state index contributed by atoms with van der Waals surface area (Å²) in [5.41, 5.74) is 2.20. The fourth-order valence-corrected chi connectivity index (χ4v) is 4.02. The molecule has 0 spiro atoms. The summed E-state index contributed by atoms with van der Waals surface area (Å²) in [5.74, 6) is -0.493. The molecule has 3 N–H and O–H groups in total. The van der Waals surface area contributed by atoms with Gasteiger partial charge >= 0.3 is 0 Å². The number of aryl methyl sites for hydroxylation is 1. The molecule has 1 aliphatic heterocycles. The summed E-state index contributed by atoms with van der Waals surface area (Å²) in [7, 11) is 3.68. The van der Waals surface area contributed by atoms with E-state index in [2.05, 4.69) is 30.8 Å². The van der Waals surface area contributed by atoms with E-state index in [4.69, 9.17) is 0 Å². The highest BCUT2D eigenvalue weighted by atomic mass is 19.1. The van der Waals surface area contributed by atoms with Crippen molar-refractivity contribution in [3.63, 3.8) is 0 Å². The van der Waals surface area contributed by atoms with Crippen molar-refractivity contribution < 1.29 is 8.78 Å². The van der Waals surface area contributed by atoms with Crippen LogP contribution in [0.1, 0.15) is 6.42 Å². The van der Waals surface area contributed by atoms with Gasteiger partial charge in [0.1, 0.15) is 11.3 Å². The Morgan fingerprint density at radius 3 is 2.83 bits per heavy atom. The van der Waals surface area contributed by atoms with E-state index in [-0.39, 0.29) is 5.82 Å². The van der Waals surface area contributed by atoms with Crippen LogP contribution in [0.15, 0.2) is 30.5 Å². The van der Waals surface area contributed by atoms with Crippen molar-refractivity contribution in [2.75, 3.05) is 30.4 Å². The molecule has 0 saturated carbocycles. The second kappa shape index (κ2) is 6.70. The number of benzene rings is 2. The normalized spacial score (nSPS) is 17.0.